The second-order valence-electron chi connectivity index (χ2n) is 6.41. The fraction of sp³-hybridized carbons (Fsp3) is 0.0455. The Labute approximate surface area is 177 Å². The van der Waals surface area contributed by atoms with Gasteiger partial charge in [-0.2, -0.15) is 5.10 Å². The fourth-order valence-electron chi connectivity index (χ4n) is 2.82. The van der Waals surface area contributed by atoms with Crippen molar-refractivity contribution in [3.63, 3.8) is 0 Å². The highest BCUT2D eigenvalue weighted by Crippen LogP contribution is 2.24. The maximum absolute atomic E-state index is 12.9. The molecule has 2 aromatic heterocycles. The number of nitrogens with one attached hydrogen (secondary N) is 2. The van der Waals surface area contributed by atoms with Crippen LogP contribution < -0.4 is 10.6 Å². The molecule has 0 radical (unpaired) electrons. The maximum Gasteiger partial charge on any atom is 0.319 e. The van der Waals surface area contributed by atoms with Crippen LogP contribution in [0.15, 0.2) is 101 Å². The molecule has 8 heteroatoms. The quantitative estimate of drug-likeness (QED) is 0.467. The van der Waals surface area contributed by atoms with Gasteiger partial charge < -0.3 is 15.2 Å². The smallest absolute Gasteiger partial charge is 0.319 e. The van der Waals surface area contributed by atoms with Crippen LogP contribution in [0.3, 0.4) is 0 Å². The van der Waals surface area contributed by atoms with Gasteiger partial charge in [0.25, 0.3) is 0 Å². The zero-order chi connectivity index (χ0) is 20.8. The molecule has 2 heterocycles. The minimum absolute atomic E-state index is 0.320. The molecule has 0 saturated heterocycles. The summed E-state index contributed by atoms with van der Waals surface area (Å²) in [5.41, 5.74) is 2.37. The van der Waals surface area contributed by atoms with E-state index >= 15 is 0 Å². The van der Waals surface area contributed by atoms with E-state index in [0.717, 1.165) is 11.3 Å². The highest BCUT2D eigenvalue weighted by atomic mass is 32.2. The second kappa shape index (κ2) is 9.25. The lowest BCUT2D eigenvalue weighted by Crippen LogP contribution is -2.28. The molecule has 2 amide bonds. The molecule has 4 rings (SSSR count). The van der Waals surface area contributed by atoms with Crippen LogP contribution in [0, 0.1) is 0 Å². The summed E-state index contributed by atoms with van der Waals surface area (Å²) in [6, 6.07) is 19.6. The largest absolute Gasteiger partial charge is 0.606 e. The summed E-state index contributed by atoms with van der Waals surface area (Å²) >= 11 is -1.34. The predicted molar refractivity (Wildman–Crippen MR) is 115 cm³/mol. The molecule has 30 heavy (non-hydrogen) atoms. The minimum atomic E-state index is -1.34. The number of amides is 2. The Morgan fingerprint density at radius 1 is 1.00 bits per heavy atom. The summed E-state index contributed by atoms with van der Waals surface area (Å²) in [7, 11) is 0. The maximum atomic E-state index is 12.9. The molecule has 0 aliphatic rings. The van der Waals surface area contributed by atoms with Gasteiger partial charge in [0.05, 0.1) is 5.69 Å². The topological polar surface area (TPSA) is 94.9 Å². The first kappa shape index (κ1) is 19.7. The predicted octanol–water partition coefficient (Wildman–Crippen LogP) is 3.76. The summed E-state index contributed by atoms with van der Waals surface area (Å²) in [6.07, 6.45) is 6.92. The lowest BCUT2D eigenvalue weighted by molar-refractivity contribution is 0.251. The van der Waals surface area contributed by atoms with Crippen LogP contribution in [-0.2, 0) is 17.7 Å². The Balaban J connectivity index is 1.38. The van der Waals surface area contributed by atoms with Gasteiger partial charge in [-0.15, -0.1) is 0 Å². The number of benzene rings is 2. The van der Waals surface area contributed by atoms with Crippen molar-refractivity contribution in [3.05, 3.63) is 97.1 Å². The number of hydrogen-bond donors (Lipinski definition) is 2. The van der Waals surface area contributed by atoms with Gasteiger partial charge in [0, 0.05) is 54.3 Å². The third-order valence-electron chi connectivity index (χ3n) is 4.30. The van der Waals surface area contributed by atoms with E-state index in [0.29, 0.717) is 22.0 Å². The van der Waals surface area contributed by atoms with E-state index in [-0.39, 0.29) is 6.03 Å². The normalized spacial score (nSPS) is 11.6. The lowest BCUT2D eigenvalue weighted by atomic mass is 10.3. The van der Waals surface area contributed by atoms with Gasteiger partial charge in [0.2, 0.25) is 0 Å². The Morgan fingerprint density at radius 2 is 1.87 bits per heavy atom. The Kier molecular flexibility index (Phi) is 6.07. The number of carbonyl (C=O) groups is 1. The van der Waals surface area contributed by atoms with Crippen molar-refractivity contribution in [3.8, 4) is 5.69 Å². The van der Waals surface area contributed by atoms with Crippen molar-refractivity contribution < 1.29 is 9.35 Å². The number of rotatable bonds is 6. The van der Waals surface area contributed by atoms with Crippen LogP contribution in [0.2, 0.25) is 0 Å². The van der Waals surface area contributed by atoms with E-state index in [1.807, 2.05) is 48.7 Å². The highest BCUT2D eigenvalue weighted by molar-refractivity contribution is 7.91. The molecule has 1 atom stereocenters. The SMILES string of the molecule is O=C(NCc1cccnc1)Nc1ccc([S+]([O-])c2cccc(-n3cccn3)c2)cc1. The molecule has 1 unspecified atom stereocenters. The highest BCUT2D eigenvalue weighted by Gasteiger charge is 2.16. The summed E-state index contributed by atoms with van der Waals surface area (Å²) in [6.45, 7) is 0.383. The molecule has 7 nitrogen and oxygen atoms in total. The van der Waals surface area contributed by atoms with Crippen LogP contribution in [0.1, 0.15) is 5.56 Å². The first-order valence-electron chi connectivity index (χ1n) is 9.25. The lowest BCUT2D eigenvalue weighted by Gasteiger charge is -2.12. The van der Waals surface area contributed by atoms with E-state index in [2.05, 4.69) is 20.7 Å². The van der Waals surface area contributed by atoms with Gasteiger partial charge in [-0.05, 0) is 54.1 Å². The van der Waals surface area contributed by atoms with Crippen LogP contribution >= 0.6 is 0 Å². The van der Waals surface area contributed by atoms with Gasteiger partial charge in [-0.1, -0.05) is 12.1 Å². The number of urea groups is 1. The number of carbonyl (C=O) groups excluding carboxylic acids is 1. The number of hydrogen-bond acceptors (Lipinski definition) is 4. The zero-order valence-corrected chi connectivity index (χ0v) is 16.8. The first-order chi connectivity index (χ1) is 14.7. The van der Waals surface area contributed by atoms with E-state index < -0.39 is 11.2 Å². The molecular weight excluding hydrogens is 398 g/mol. The summed E-state index contributed by atoms with van der Waals surface area (Å²) in [4.78, 5) is 17.4. The van der Waals surface area contributed by atoms with Gasteiger partial charge in [-0.3, -0.25) is 4.98 Å². The van der Waals surface area contributed by atoms with Crippen molar-refractivity contribution in [2.24, 2.45) is 0 Å². The molecule has 0 fully saturated rings. The average Bonchev–Trinajstić information content (AvgIpc) is 3.34. The molecule has 2 aromatic carbocycles. The van der Waals surface area contributed by atoms with Gasteiger partial charge in [0.15, 0.2) is 9.79 Å². The third-order valence-corrected chi connectivity index (χ3v) is 5.69. The van der Waals surface area contributed by atoms with E-state index in [4.69, 9.17) is 0 Å². The van der Waals surface area contributed by atoms with Crippen LogP contribution in [0.4, 0.5) is 10.5 Å². The van der Waals surface area contributed by atoms with Crippen molar-refractivity contribution >= 4 is 22.9 Å². The first-order valence-corrected chi connectivity index (χ1v) is 10.4. The molecule has 0 saturated carbocycles. The molecule has 2 N–H and O–H groups in total. The zero-order valence-electron chi connectivity index (χ0n) is 15.9. The molecule has 0 aliphatic heterocycles. The third kappa shape index (κ3) is 4.86. The Morgan fingerprint density at radius 3 is 2.60 bits per heavy atom. The second-order valence-corrected chi connectivity index (χ2v) is 7.89. The van der Waals surface area contributed by atoms with E-state index in [9.17, 15) is 9.35 Å². The fourth-order valence-corrected chi connectivity index (χ4v) is 3.91. The van der Waals surface area contributed by atoms with Crippen molar-refractivity contribution in [1.29, 1.82) is 0 Å². The number of aromatic nitrogens is 3. The number of nitrogens with zero attached hydrogens (tertiary/aromatic N) is 3. The summed E-state index contributed by atoms with van der Waals surface area (Å²) < 4.78 is 14.7. The average molecular weight is 417 g/mol. The van der Waals surface area contributed by atoms with Crippen molar-refractivity contribution in [2.75, 3.05) is 5.32 Å². The van der Waals surface area contributed by atoms with Gasteiger partial charge in [-0.25, -0.2) is 9.48 Å². The van der Waals surface area contributed by atoms with Crippen LogP contribution in [0.25, 0.3) is 5.69 Å². The number of anilines is 1. The number of pyridine rings is 1. The van der Waals surface area contributed by atoms with Crippen LogP contribution in [0.5, 0.6) is 0 Å². The Bertz CT molecular complexity index is 1100. The van der Waals surface area contributed by atoms with Gasteiger partial charge in [0.1, 0.15) is 0 Å². The standard InChI is InChI=1S/C22H19N5O2S/c28-22(24-16-17-4-2-11-23-15-17)26-18-7-9-20(10-8-18)30(29)21-6-1-5-19(14-21)27-13-3-12-25-27/h1-15H,16H2,(H2,24,26,28). The summed E-state index contributed by atoms with van der Waals surface area (Å²) in [5, 5.41) is 9.74. The van der Waals surface area contributed by atoms with Crippen LogP contribution in [-0.4, -0.2) is 25.3 Å². The monoisotopic (exact) mass is 417 g/mol. The molecule has 0 aliphatic carbocycles. The molecule has 150 valence electrons. The van der Waals surface area contributed by atoms with E-state index in [1.54, 1.807) is 47.5 Å². The van der Waals surface area contributed by atoms with E-state index in [1.165, 1.54) is 0 Å². The molecule has 0 bridgehead atoms. The minimum Gasteiger partial charge on any atom is -0.606 e. The molecular formula is C22H19N5O2S. The summed E-state index contributed by atoms with van der Waals surface area (Å²) in [5.74, 6) is 0. The Hall–Kier alpha value is -3.62. The van der Waals surface area contributed by atoms with Crippen molar-refractivity contribution in [1.82, 2.24) is 20.1 Å². The van der Waals surface area contributed by atoms with Crippen molar-refractivity contribution in [2.45, 2.75) is 16.3 Å². The van der Waals surface area contributed by atoms with Gasteiger partial charge >= 0.3 is 6.03 Å². The molecule has 4 aromatic rings. The molecule has 0 spiro atoms.